The van der Waals surface area contributed by atoms with Crippen LogP contribution in [-0.2, 0) is 11.3 Å². The molecule has 1 fully saturated rings. The Morgan fingerprint density at radius 1 is 1.43 bits per heavy atom. The van der Waals surface area contributed by atoms with E-state index >= 15 is 0 Å². The van der Waals surface area contributed by atoms with Gasteiger partial charge in [-0.2, -0.15) is 0 Å². The number of ether oxygens (including phenoxy) is 1. The highest BCUT2D eigenvalue weighted by Gasteiger charge is 2.36. The molecule has 1 aliphatic rings. The summed E-state index contributed by atoms with van der Waals surface area (Å²) in [4.78, 5) is 21.8. The number of carbonyl (C=O) groups is 1. The first-order chi connectivity index (χ1) is 13.3. The summed E-state index contributed by atoms with van der Waals surface area (Å²) in [6.45, 7) is 4.87. The lowest BCUT2D eigenvalue weighted by atomic mass is 10.00. The van der Waals surface area contributed by atoms with E-state index in [1.165, 1.54) is 0 Å². The minimum Gasteiger partial charge on any atom is -0.378 e. The van der Waals surface area contributed by atoms with Gasteiger partial charge >= 0.3 is 0 Å². The maximum Gasteiger partial charge on any atom is 0.286 e. The molecular weight excluding hydrogens is 356 g/mol. The van der Waals surface area contributed by atoms with Crippen molar-refractivity contribution in [2.75, 3.05) is 20.7 Å². The molecule has 1 aliphatic heterocycles. The number of rotatable bonds is 4. The zero-order valence-corrected chi connectivity index (χ0v) is 15.9. The lowest BCUT2D eigenvalue weighted by molar-refractivity contribution is 0.0989. The highest BCUT2D eigenvalue weighted by molar-refractivity contribution is 5.89. The van der Waals surface area contributed by atoms with E-state index in [1.807, 2.05) is 36.2 Å². The average Bonchev–Trinajstić information content (AvgIpc) is 2.95. The van der Waals surface area contributed by atoms with Gasteiger partial charge in [-0.3, -0.25) is 4.79 Å². The van der Waals surface area contributed by atoms with Gasteiger partial charge in [-0.05, 0) is 18.2 Å². The smallest absolute Gasteiger partial charge is 0.286 e. The Morgan fingerprint density at radius 3 is 2.86 bits per heavy atom. The van der Waals surface area contributed by atoms with Gasteiger partial charge in [0.25, 0.3) is 5.91 Å². The minimum absolute atomic E-state index is 0.0689. The van der Waals surface area contributed by atoms with Crippen LogP contribution < -0.4 is 5.73 Å². The van der Waals surface area contributed by atoms with Crippen molar-refractivity contribution in [1.29, 1.82) is 0 Å². The predicted octanol–water partition coefficient (Wildman–Crippen LogP) is 1.32. The van der Waals surface area contributed by atoms with Crippen molar-refractivity contribution in [2.24, 2.45) is 5.73 Å². The molecule has 1 aromatic carbocycles. The molecule has 144 valence electrons. The Hall–Kier alpha value is -3.21. The molecule has 0 radical (unpaired) electrons. The Bertz CT molecular complexity index is 993. The van der Waals surface area contributed by atoms with Crippen LogP contribution in [0.1, 0.15) is 28.3 Å². The average molecular weight is 378 g/mol. The number of aliphatic hydroxyl groups is 1. The van der Waals surface area contributed by atoms with E-state index < -0.39 is 11.5 Å². The molecule has 7 nitrogen and oxygen atoms in total. The van der Waals surface area contributed by atoms with Crippen molar-refractivity contribution < 1.29 is 14.6 Å². The van der Waals surface area contributed by atoms with E-state index in [0.29, 0.717) is 35.6 Å². The Balaban J connectivity index is 1.96. The molecule has 0 spiro atoms. The first-order valence-corrected chi connectivity index (χ1v) is 8.75. The fourth-order valence-electron chi connectivity index (χ4n) is 2.97. The number of nitrogens with two attached hydrogens (primary N) is 1. The van der Waals surface area contributed by atoms with Gasteiger partial charge in [0.05, 0.1) is 23.7 Å². The predicted molar refractivity (Wildman–Crippen MR) is 105 cm³/mol. The van der Waals surface area contributed by atoms with Crippen LogP contribution in [0.2, 0.25) is 0 Å². The van der Waals surface area contributed by atoms with Gasteiger partial charge in [0.15, 0.2) is 5.60 Å². The lowest BCUT2D eigenvalue weighted by Crippen LogP contribution is -2.26. The second-order valence-corrected chi connectivity index (χ2v) is 6.67. The van der Waals surface area contributed by atoms with Crippen molar-refractivity contribution in [3.8, 4) is 23.1 Å². The molecule has 1 aromatic heterocycles. The number of carbonyl (C=O) groups excluding carboxylic acids is 1. The summed E-state index contributed by atoms with van der Waals surface area (Å²) in [5, 5.41) is 10.7. The third kappa shape index (κ3) is 4.03. The van der Waals surface area contributed by atoms with E-state index in [1.54, 1.807) is 13.2 Å². The van der Waals surface area contributed by atoms with Crippen LogP contribution >= 0.6 is 0 Å². The molecule has 2 aromatic rings. The van der Waals surface area contributed by atoms with Crippen molar-refractivity contribution in [3.63, 3.8) is 0 Å². The summed E-state index contributed by atoms with van der Waals surface area (Å²) in [5.74, 6) is 5.17. The molecule has 3 rings (SSSR count). The number of likely N-dealkylation sites (N-methyl/N-ethyl adjacent to an activating group) is 1. The van der Waals surface area contributed by atoms with Gasteiger partial charge in [0, 0.05) is 38.2 Å². The number of hydrogen-bond acceptors (Lipinski definition) is 6. The zero-order valence-electron chi connectivity index (χ0n) is 15.9. The van der Waals surface area contributed by atoms with Crippen LogP contribution in [-0.4, -0.2) is 52.2 Å². The molecule has 28 heavy (non-hydrogen) atoms. The number of hydrogen-bond donors (Lipinski definition) is 2. The van der Waals surface area contributed by atoms with Crippen LogP contribution in [0.15, 0.2) is 42.6 Å². The Morgan fingerprint density at radius 2 is 2.21 bits per heavy atom. The van der Waals surface area contributed by atoms with Crippen LogP contribution in [0.4, 0.5) is 0 Å². The summed E-state index contributed by atoms with van der Waals surface area (Å²) >= 11 is 0. The number of primary amides is 1. The summed E-state index contributed by atoms with van der Waals surface area (Å²) in [5.41, 5.74) is 7.29. The van der Waals surface area contributed by atoms with Crippen LogP contribution in [0.25, 0.3) is 11.3 Å². The van der Waals surface area contributed by atoms with E-state index in [-0.39, 0.29) is 12.4 Å². The Labute approximate surface area is 163 Å². The summed E-state index contributed by atoms with van der Waals surface area (Å²) in [6, 6.07) is 9.10. The molecule has 7 heteroatoms. The van der Waals surface area contributed by atoms with Gasteiger partial charge in [-0.15, -0.1) is 0 Å². The molecule has 2 heterocycles. The molecule has 1 saturated heterocycles. The maximum absolute atomic E-state index is 11.5. The van der Waals surface area contributed by atoms with E-state index in [4.69, 9.17) is 10.5 Å². The largest absolute Gasteiger partial charge is 0.378 e. The molecular formula is C21H22N4O3. The number of methoxy groups -OCH3 is 1. The van der Waals surface area contributed by atoms with E-state index in [9.17, 15) is 9.90 Å². The number of amides is 1. The van der Waals surface area contributed by atoms with Gasteiger partial charge < -0.3 is 20.5 Å². The third-order valence-electron chi connectivity index (χ3n) is 4.61. The molecule has 0 saturated carbocycles. The summed E-state index contributed by atoms with van der Waals surface area (Å²) < 4.78 is 5.10. The first-order valence-electron chi connectivity index (χ1n) is 8.75. The Kier molecular flexibility index (Phi) is 5.45. The second kappa shape index (κ2) is 7.80. The molecule has 1 amide bonds. The second-order valence-electron chi connectivity index (χ2n) is 6.67. The van der Waals surface area contributed by atoms with Crippen molar-refractivity contribution in [2.45, 2.75) is 18.6 Å². The minimum atomic E-state index is -1.22. The monoisotopic (exact) mass is 378 g/mol. The zero-order chi connectivity index (χ0) is 20.3. The van der Waals surface area contributed by atoms with Gasteiger partial charge in [-0.1, -0.05) is 30.6 Å². The molecule has 1 atom stereocenters. The van der Waals surface area contributed by atoms with Gasteiger partial charge in [0.2, 0.25) is 5.82 Å². The van der Waals surface area contributed by atoms with Crippen LogP contribution in [0.3, 0.4) is 0 Å². The SMILES string of the molecule is C=C1N(C)CC[C@@]1(O)C#Cc1cccc(-c2cc(COC)nc(C(N)=O)n2)c1. The lowest BCUT2D eigenvalue weighted by Gasteiger charge is -2.19. The fourth-order valence-corrected chi connectivity index (χ4v) is 2.97. The van der Waals surface area contributed by atoms with Crippen molar-refractivity contribution in [3.05, 3.63) is 59.7 Å². The first kappa shape index (κ1) is 19.5. The highest BCUT2D eigenvalue weighted by Crippen LogP contribution is 2.29. The third-order valence-corrected chi connectivity index (χ3v) is 4.61. The topological polar surface area (TPSA) is 102 Å². The van der Waals surface area contributed by atoms with Crippen LogP contribution in [0, 0.1) is 11.8 Å². The summed E-state index contributed by atoms with van der Waals surface area (Å²) in [6.07, 6.45) is 0.517. The van der Waals surface area contributed by atoms with Crippen molar-refractivity contribution in [1.82, 2.24) is 14.9 Å². The number of nitrogens with zero attached hydrogens (tertiary/aromatic N) is 3. The number of likely N-dealkylation sites (tertiary alicyclic amines) is 1. The standard InChI is InChI=1S/C21H22N4O3/c1-14-21(27,9-10-25(14)2)8-7-15-5-4-6-16(11-15)18-12-17(13-28-3)23-20(24-18)19(22)26/h4-6,11-12,27H,1,9-10,13H2,2-3H3,(H2,22,26)/t21-/m0/s1. The van der Waals surface area contributed by atoms with E-state index in [0.717, 1.165) is 5.56 Å². The molecule has 0 bridgehead atoms. The maximum atomic E-state index is 11.5. The normalized spacial score (nSPS) is 18.7. The molecule has 0 unspecified atom stereocenters. The molecule has 0 aliphatic carbocycles. The van der Waals surface area contributed by atoms with Gasteiger partial charge in [0.1, 0.15) is 0 Å². The van der Waals surface area contributed by atoms with E-state index in [2.05, 4.69) is 28.4 Å². The fraction of sp³-hybridized carbons (Fsp3) is 0.286. The number of aromatic nitrogens is 2. The highest BCUT2D eigenvalue weighted by atomic mass is 16.5. The van der Waals surface area contributed by atoms with Crippen molar-refractivity contribution >= 4 is 5.91 Å². The quantitative estimate of drug-likeness (QED) is 0.778. The number of benzene rings is 1. The summed E-state index contributed by atoms with van der Waals surface area (Å²) in [7, 11) is 3.42. The van der Waals surface area contributed by atoms with Crippen LogP contribution in [0.5, 0.6) is 0 Å². The molecule has 3 N–H and O–H groups in total. The van der Waals surface area contributed by atoms with Gasteiger partial charge in [-0.25, -0.2) is 9.97 Å².